The molecule has 2 aliphatic carbocycles. The summed E-state index contributed by atoms with van der Waals surface area (Å²) in [5.74, 6) is 2.84. The van der Waals surface area contributed by atoms with Crippen LogP contribution in [0.4, 0.5) is 0 Å². The van der Waals surface area contributed by atoms with Crippen LogP contribution >= 0.6 is 0 Å². The van der Waals surface area contributed by atoms with E-state index in [4.69, 9.17) is 0 Å². The van der Waals surface area contributed by atoms with Crippen LogP contribution in [0.25, 0.3) is 0 Å². The molecule has 0 N–H and O–H groups in total. The summed E-state index contributed by atoms with van der Waals surface area (Å²) in [4.78, 5) is 0. The smallest absolute Gasteiger partial charge is 0.0200 e. The molecule has 13 heavy (non-hydrogen) atoms. The summed E-state index contributed by atoms with van der Waals surface area (Å²) < 4.78 is 0. The number of hydrogen-bond acceptors (Lipinski definition) is 0. The molecule has 0 heteroatoms. The van der Waals surface area contributed by atoms with E-state index in [0.717, 1.165) is 17.8 Å². The van der Waals surface area contributed by atoms with E-state index < -0.39 is 0 Å². The summed E-state index contributed by atoms with van der Waals surface area (Å²) in [5, 5.41) is 0. The lowest BCUT2D eigenvalue weighted by Crippen LogP contribution is -2.00. The van der Waals surface area contributed by atoms with Crippen molar-refractivity contribution in [1.82, 2.24) is 0 Å². The first-order chi connectivity index (χ1) is 6.31. The van der Waals surface area contributed by atoms with E-state index in [2.05, 4.69) is 19.9 Å². The average molecular weight is 178 g/mol. The van der Waals surface area contributed by atoms with Crippen molar-refractivity contribution in [3.05, 3.63) is 11.6 Å². The van der Waals surface area contributed by atoms with Crippen LogP contribution in [0.5, 0.6) is 0 Å². The molecule has 2 unspecified atom stereocenters. The third-order valence-corrected chi connectivity index (χ3v) is 3.68. The molecule has 0 aliphatic heterocycles. The molecular formula is C13H22. The van der Waals surface area contributed by atoms with Gasteiger partial charge in [-0.05, 0) is 49.9 Å². The van der Waals surface area contributed by atoms with E-state index in [0.29, 0.717) is 0 Å². The third-order valence-electron chi connectivity index (χ3n) is 3.68. The average Bonchev–Trinajstić information content (AvgIpc) is 2.86. The Labute approximate surface area is 82.4 Å². The van der Waals surface area contributed by atoms with Crippen molar-refractivity contribution in [3.63, 3.8) is 0 Å². The van der Waals surface area contributed by atoms with Crippen molar-refractivity contribution in [2.75, 3.05) is 0 Å². The normalized spacial score (nSPS) is 37.2. The van der Waals surface area contributed by atoms with Crippen LogP contribution in [-0.4, -0.2) is 0 Å². The molecule has 0 aromatic carbocycles. The second-order valence-electron chi connectivity index (χ2n) is 4.97. The molecule has 2 fully saturated rings. The first-order valence-corrected chi connectivity index (χ1v) is 6.03. The number of hydrogen-bond donors (Lipinski definition) is 0. The summed E-state index contributed by atoms with van der Waals surface area (Å²) >= 11 is 0. The standard InChI is InChI=1S/C13H22/c1-3-4-12-8-5-10(2)13(12)9-11-6-7-11/h9-12H,3-8H2,1-2H3/b13-9-. The zero-order valence-electron chi connectivity index (χ0n) is 9.05. The van der Waals surface area contributed by atoms with Gasteiger partial charge in [0.1, 0.15) is 0 Å². The van der Waals surface area contributed by atoms with Crippen molar-refractivity contribution >= 4 is 0 Å². The van der Waals surface area contributed by atoms with Gasteiger partial charge in [0.15, 0.2) is 0 Å². The first-order valence-electron chi connectivity index (χ1n) is 6.03. The molecule has 0 amide bonds. The second kappa shape index (κ2) is 3.86. The van der Waals surface area contributed by atoms with Gasteiger partial charge in [0.05, 0.1) is 0 Å². The van der Waals surface area contributed by atoms with Gasteiger partial charge in [-0.1, -0.05) is 31.9 Å². The quantitative estimate of drug-likeness (QED) is 0.569. The Kier molecular flexibility index (Phi) is 2.76. The Balaban J connectivity index is 2.01. The van der Waals surface area contributed by atoms with Crippen LogP contribution in [0.15, 0.2) is 11.6 Å². The van der Waals surface area contributed by atoms with Gasteiger partial charge < -0.3 is 0 Å². The Morgan fingerprint density at radius 3 is 2.62 bits per heavy atom. The molecule has 0 nitrogen and oxygen atoms in total. The predicted molar refractivity (Wildman–Crippen MR) is 57.6 cm³/mol. The molecule has 74 valence electrons. The van der Waals surface area contributed by atoms with E-state index in [-0.39, 0.29) is 0 Å². The second-order valence-corrected chi connectivity index (χ2v) is 4.97. The maximum Gasteiger partial charge on any atom is -0.0200 e. The van der Waals surface area contributed by atoms with Crippen LogP contribution in [0.1, 0.15) is 52.4 Å². The molecule has 0 aromatic heterocycles. The fourth-order valence-electron chi connectivity index (χ4n) is 2.68. The van der Waals surface area contributed by atoms with Crippen molar-refractivity contribution in [1.29, 1.82) is 0 Å². The Bertz CT molecular complexity index is 196. The van der Waals surface area contributed by atoms with Gasteiger partial charge in [-0.2, -0.15) is 0 Å². The van der Waals surface area contributed by atoms with Crippen molar-refractivity contribution in [2.24, 2.45) is 17.8 Å². The van der Waals surface area contributed by atoms with Crippen LogP contribution in [0.3, 0.4) is 0 Å². The summed E-state index contributed by atoms with van der Waals surface area (Å²) in [7, 11) is 0. The third kappa shape index (κ3) is 2.15. The van der Waals surface area contributed by atoms with Crippen molar-refractivity contribution in [3.8, 4) is 0 Å². The minimum absolute atomic E-state index is 0.900. The molecule has 2 rings (SSSR count). The lowest BCUT2D eigenvalue weighted by molar-refractivity contribution is 0.561. The van der Waals surface area contributed by atoms with Gasteiger partial charge in [0.25, 0.3) is 0 Å². The highest BCUT2D eigenvalue weighted by molar-refractivity contribution is 5.18. The highest BCUT2D eigenvalue weighted by Gasteiger charge is 2.29. The van der Waals surface area contributed by atoms with E-state index >= 15 is 0 Å². The number of allylic oxidation sites excluding steroid dienone is 2. The van der Waals surface area contributed by atoms with Gasteiger partial charge in [-0.15, -0.1) is 0 Å². The Morgan fingerprint density at radius 1 is 1.23 bits per heavy atom. The van der Waals surface area contributed by atoms with Gasteiger partial charge >= 0.3 is 0 Å². The zero-order valence-corrected chi connectivity index (χ0v) is 9.05. The lowest BCUT2D eigenvalue weighted by Gasteiger charge is -2.13. The topological polar surface area (TPSA) is 0 Å². The van der Waals surface area contributed by atoms with E-state index in [1.165, 1.54) is 38.5 Å². The summed E-state index contributed by atoms with van der Waals surface area (Å²) in [6.07, 6.45) is 11.3. The monoisotopic (exact) mass is 178 g/mol. The maximum atomic E-state index is 2.62. The number of rotatable bonds is 3. The van der Waals surface area contributed by atoms with Crippen molar-refractivity contribution < 1.29 is 0 Å². The van der Waals surface area contributed by atoms with Gasteiger partial charge in [0.2, 0.25) is 0 Å². The minimum Gasteiger partial charge on any atom is -0.0817 e. The van der Waals surface area contributed by atoms with E-state index in [1.54, 1.807) is 0 Å². The molecule has 0 aromatic rings. The zero-order chi connectivity index (χ0) is 9.26. The van der Waals surface area contributed by atoms with Crippen LogP contribution in [0.2, 0.25) is 0 Å². The maximum absolute atomic E-state index is 2.62. The molecule has 0 spiro atoms. The summed E-state index contributed by atoms with van der Waals surface area (Å²) in [6.45, 7) is 4.74. The molecule has 0 saturated heterocycles. The summed E-state index contributed by atoms with van der Waals surface area (Å²) in [6, 6.07) is 0. The molecule has 0 radical (unpaired) electrons. The molecule has 2 aliphatic rings. The van der Waals surface area contributed by atoms with Gasteiger partial charge in [0, 0.05) is 0 Å². The van der Waals surface area contributed by atoms with Crippen LogP contribution < -0.4 is 0 Å². The lowest BCUT2D eigenvalue weighted by atomic mass is 9.93. The predicted octanol–water partition coefficient (Wildman–Crippen LogP) is 4.17. The van der Waals surface area contributed by atoms with E-state index in [1.807, 2.05) is 5.57 Å². The fraction of sp³-hybridized carbons (Fsp3) is 0.846. The molecular weight excluding hydrogens is 156 g/mol. The highest BCUT2D eigenvalue weighted by atomic mass is 14.3. The van der Waals surface area contributed by atoms with Crippen LogP contribution in [-0.2, 0) is 0 Å². The highest BCUT2D eigenvalue weighted by Crippen LogP contribution is 2.42. The molecule has 0 heterocycles. The molecule has 0 bridgehead atoms. The molecule has 2 saturated carbocycles. The van der Waals surface area contributed by atoms with Crippen LogP contribution in [0, 0.1) is 17.8 Å². The van der Waals surface area contributed by atoms with Gasteiger partial charge in [-0.3, -0.25) is 0 Å². The summed E-state index contributed by atoms with van der Waals surface area (Å²) in [5.41, 5.74) is 1.82. The van der Waals surface area contributed by atoms with E-state index in [9.17, 15) is 0 Å². The largest absolute Gasteiger partial charge is 0.0817 e. The van der Waals surface area contributed by atoms with Gasteiger partial charge in [-0.25, -0.2) is 0 Å². The fourth-order valence-corrected chi connectivity index (χ4v) is 2.68. The Hall–Kier alpha value is -0.260. The first kappa shape index (κ1) is 9.30. The Morgan fingerprint density at radius 2 is 2.00 bits per heavy atom. The minimum atomic E-state index is 0.900. The van der Waals surface area contributed by atoms with Crippen molar-refractivity contribution in [2.45, 2.75) is 52.4 Å². The molecule has 2 atom stereocenters. The SMILES string of the molecule is CCCC1CCC(C)/C1=C/C1CC1.